The molecule has 1 aliphatic heterocycles. The summed E-state index contributed by atoms with van der Waals surface area (Å²) in [6.07, 6.45) is 2.42. The van der Waals surface area contributed by atoms with Crippen LogP contribution in [-0.4, -0.2) is 66.6 Å². The van der Waals surface area contributed by atoms with Crippen LogP contribution in [0.5, 0.6) is 0 Å². The van der Waals surface area contributed by atoms with Gasteiger partial charge in [-0.05, 0) is 70.7 Å². The lowest BCUT2D eigenvalue weighted by Gasteiger charge is -2.33. The van der Waals surface area contributed by atoms with Crippen LogP contribution in [0.2, 0.25) is 0 Å². The monoisotopic (exact) mass is 606 g/mol. The SMILES string of the molecule is Cc1cc(C(=O)NCC2CCN(C(=O)OC(C)(C)C)CC2)nn1Cc1cc(S(C)(=O)=O)cc2cc(-c3ccccc3)oc12. The summed E-state index contributed by atoms with van der Waals surface area (Å²) in [7, 11) is -3.48. The van der Waals surface area contributed by atoms with Gasteiger partial charge in [0, 0.05) is 48.1 Å². The quantitative estimate of drug-likeness (QED) is 0.297. The van der Waals surface area contributed by atoms with Crippen molar-refractivity contribution >= 4 is 32.8 Å². The highest BCUT2D eigenvalue weighted by Gasteiger charge is 2.27. The number of nitrogens with zero attached hydrogens (tertiary/aromatic N) is 3. The number of likely N-dealkylation sites (tertiary alicyclic amines) is 1. The van der Waals surface area contributed by atoms with Crippen molar-refractivity contribution in [1.29, 1.82) is 0 Å². The van der Waals surface area contributed by atoms with E-state index in [2.05, 4.69) is 10.4 Å². The van der Waals surface area contributed by atoms with E-state index in [0.717, 1.165) is 24.1 Å². The molecular formula is C32H38N4O6S. The number of furan rings is 1. The Hall–Kier alpha value is -4.12. The van der Waals surface area contributed by atoms with Crippen LogP contribution in [0.15, 0.2) is 63.9 Å². The highest BCUT2D eigenvalue weighted by molar-refractivity contribution is 7.90. The Morgan fingerprint density at radius 2 is 1.77 bits per heavy atom. The van der Waals surface area contributed by atoms with E-state index in [9.17, 15) is 18.0 Å². The summed E-state index contributed by atoms with van der Waals surface area (Å²) < 4.78 is 38.4. The Kier molecular flexibility index (Phi) is 8.38. The number of rotatable bonds is 7. The molecule has 1 fully saturated rings. The molecule has 0 aliphatic carbocycles. The van der Waals surface area contributed by atoms with Gasteiger partial charge in [-0.1, -0.05) is 30.3 Å². The lowest BCUT2D eigenvalue weighted by atomic mass is 9.97. The smallest absolute Gasteiger partial charge is 0.410 e. The van der Waals surface area contributed by atoms with Crippen LogP contribution in [0, 0.1) is 12.8 Å². The molecule has 0 bridgehead atoms. The second kappa shape index (κ2) is 11.9. The summed E-state index contributed by atoms with van der Waals surface area (Å²) in [6.45, 7) is 9.28. The predicted molar refractivity (Wildman–Crippen MR) is 164 cm³/mol. The first-order chi connectivity index (χ1) is 20.3. The molecule has 2 aromatic heterocycles. The maximum Gasteiger partial charge on any atom is 0.410 e. The van der Waals surface area contributed by atoms with Gasteiger partial charge in [0.1, 0.15) is 22.6 Å². The number of ether oxygens (including phenoxy) is 1. The van der Waals surface area contributed by atoms with Gasteiger partial charge in [0.15, 0.2) is 9.84 Å². The van der Waals surface area contributed by atoms with Gasteiger partial charge in [0.05, 0.1) is 11.4 Å². The maximum atomic E-state index is 13.0. The van der Waals surface area contributed by atoms with Crippen LogP contribution in [0.1, 0.15) is 55.4 Å². The van der Waals surface area contributed by atoms with Gasteiger partial charge >= 0.3 is 6.09 Å². The van der Waals surface area contributed by atoms with Gasteiger partial charge in [-0.25, -0.2) is 13.2 Å². The number of hydrogen-bond acceptors (Lipinski definition) is 7. The molecule has 5 rings (SSSR count). The van der Waals surface area contributed by atoms with E-state index in [-0.39, 0.29) is 35.1 Å². The molecule has 0 unspecified atom stereocenters. The summed E-state index contributed by atoms with van der Waals surface area (Å²) >= 11 is 0. The molecule has 1 aliphatic rings. The van der Waals surface area contributed by atoms with Gasteiger partial charge in [0.25, 0.3) is 5.91 Å². The number of hydrogen-bond donors (Lipinski definition) is 1. The van der Waals surface area contributed by atoms with E-state index in [1.165, 1.54) is 6.26 Å². The third-order valence-corrected chi connectivity index (χ3v) is 8.60. The van der Waals surface area contributed by atoms with Crippen molar-refractivity contribution in [3.05, 3.63) is 71.5 Å². The van der Waals surface area contributed by atoms with Crippen LogP contribution in [-0.2, 0) is 21.1 Å². The fourth-order valence-electron chi connectivity index (χ4n) is 5.19. The molecule has 2 aromatic carbocycles. The van der Waals surface area contributed by atoms with Gasteiger partial charge in [0.2, 0.25) is 0 Å². The molecule has 228 valence electrons. The second-order valence-electron chi connectivity index (χ2n) is 12.2. The molecule has 11 heteroatoms. The van der Waals surface area contributed by atoms with E-state index in [0.29, 0.717) is 41.9 Å². The topological polar surface area (TPSA) is 124 Å². The van der Waals surface area contributed by atoms with Crippen LogP contribution in [0.3, 0.4) is 0 Å². The lowest BCUT2D eigenvalue weighted by molar-refractivity contribution is 0.0183. The van der Waals surface area contributed by atoms with Gasteiger partial charge in [-0.3, -0.25) is 9.48 Å². The van der Waals surface area contributed by atoms with Crippen molar-refractivity contribution in [1.82, 2.24) is 20.0 Å². The number of fused-ring (bicyclic) bond motifs is 1. The summed E-state index contributed by atoms with van der Waals surface area (Å²) in [5.41, 5.74) is 2.61. The van der Waals surface area contributed by atoms with Crippen molar-refractivity contribution in [3.8, 4) is 11.3 Å². The second-order valence-corrected chi connectivity index (χ2v) is 14.2. The van der Waals surface area contributed by atoms with E-state index in [1.54, 1.807) is 27.8 Å². The molecule has 3 heterocycles. The predicted octanol–water partition coefficient (Wildman–Crippen LogP) is 5.43. The summed E-state index contributed by atoms with van der Waals surface area (Å²) in [6, 6.07) is 16.4. The summed E-state index contributed by atoms with van der Waals surface area (Å²) in [5, 5.41) is 8.21. The van der Waals surface area contributed by atoms with Crippen LogP contribution >= 0.6 is 0 Å². The Labute approximate surface area is 251 Å². The van der Waals surface area contributed by atoms with Gasteiger partial charge in [-0.2, -0.15) is 5.10 Å². The molecule has 4 aromatic rings. The van der Waals surface area contributed by atoms with E-state index < -0.39 is 15.4 Å². The van der Waals surface area contributed by atoms with Gasteiger partial charge < -0.3 is 19.4 Å². The zero-order valence-corrected chi connectivity index (χ0v) is 26.0. The number of carbonyl (C=O) groups is 2. The standard InChI is InChI=1S/C32H38N4O6S/c1-21-15-27(30(37)33-19-22-11-13-35(14-12-22)31(38)42-32(2,3)4)34-36(21)20-25-17-26(43(5,39)40)16-24-18-28(41-29(24)25)23-9-7-6-8-10-23/h6-10,15-18,22H,11-14,19-20H2,1-5H3,(H,33,37). The Balaban J connectivity index is 1.28. The van der Waals surface area contributed by atoms with Crippen molar-refractivity contribution in [3.63, 3.8) is 0 Å². The minimum Gasteiger partial charge on any atom is -0.456 e. The lowest BCUT2D eigenvalue weighted by Crippen LogP contribution is -2.43. The minimum absolute atomic E-state index is 0.191. The summed E-state index contributed by atoms with van der Waals surface area (Å²) in [5.74, 6) is 0.600. The van der Waals surface area contributed by atoms with Crippen molar-refractivity contribution in [2.24, 2.45) is 5.92 Å². The third kappa shape index (κ3) is 7.27. The molecule has 0 atom stereocenters. The molecule has 1 N–H and O–H groups in total. The molecule has 2 amide bonds. The van der Waals surface area contributed by atoms with Crippen molar-refractivity contribution in [2.75, 3.05) is 25.9 Å². The number of aryl methyl sites for hydroxylation is 1. The number of piperidine rings is 1. The van der Waals surface area contributed by atoms with E-state index in [4.69, 9.17) is 9.15 Å². The number of benzene rings is 2. The van der Waals surface area contributed by atoms with Gasteiger partial charge in [-0.15, -0.1) is 0 Å². The molecule has 1 saturated heterocycles. The largest absolute Gasteiger partial charge is 0.456 e. The minimum atomic E-state index is -3.48. The number of amides is 2. The van der Waals surface area contributed by atoms with Crippen LogP contribution in [0.4, 0.5) is 4.79 Å². The first-order valence-electron chi connectivity index (χ1n) is 14.4. The number of aromatic nitrogens is 2. The van der Waals surface area contributed by atoms with E-state index in [1.807, 2.05) is 64.1 Å². The normalized spacial score (nSPS) is 14.7. The van der Waals surface area contributed by atoms with E-state index >= 15 is 0 Å². The average Bonchev–Trinajstić information content (AvgIpc) is 3.55. The molecule has 0 saturated carbocycles. The fraction of sp³-hybridized carbons (Fsp3) is 0.406. The van der Waals surface area contributed by atoms with Crippen LogP contribution < -0.4 is 5.32 Å². The van der Waals surface area contributed by atoms with Crippen molar-refractivity contribution in [2.45, 2.75) is 57.6 Å². The Morgan fingerprint density at radius 1 is 1.07 bits per heavy atom. The molecule has 0 radical (unpaired) electrons. The highest BCUT2D eigenvalue weighted by Crippen LogP contribution is 2.32. The first kappa shape index (κ1) is 30.3. The third-order valence-electron chi connectivity index (χ3n) is 7.50. The Bertz CT molecular complexity index is 1740. The first-order valence-corrected chi connectivity index (χ1v) is 16.3. The van der Waals surface area contributed by atoms with Crippen molar-refractivity contribution < 1.29 is 27.2 Å². The zero-order valence-electron chi connectivity index (χ0n) is 25.2. The Morgan fingerprint density at radius 3 is 2.42 bits per heavy atom. The number of sulfone groups is 1. The molecular weight excluding hydrogens is 568 g/mol. The fourth-order valence-corrected chi connectivity index (χ4v) is 5.89. The summed E-state index contributed by atoms with van der Waals surface area (Å²) in [4.78, 5) is 27.3. The molecule has 10 nitrogen and oxygen atoms in total. The van der Waals surface area contributed by atoms with Crippen LogP contribution in [0.25, 0.3) is 22.3 Å². The number of carbonyl (C=O) groups excluding carboxylic acids is 2. The number of nitrogens with one attached hydrogen (secondary N) is 1. The molecule has 0 spiro atoms. The highest BCUT2D eigenvalue weighted by atomic mass is 32.2. The molecule has 43 heavy (non-hydrogen) atoms. The maximum absolute atomic E-state index is 13.0. The zero-order chi connectivity index (χ0) is 30.9. The average molecular weight is 607 g/mol.